The highest BCUT2D eigenvalue weighted by Crippen LogP contribution is 2.30. The number of pyridine rings is 1. The predicted octanol–water partition coefficient (Wildman–Crippen LogP) is 3.51. The molecule has 1 N–H and O–H groups in total. The van der Waals surface area contributed by atoms with E-state index in [0.717, 1.165) is 11.1 Å². The Labute approximate surface area is 134 Å². The maximum atomic E-state index is 9.67. The van der Waals surface area contributed by atoms with Crippen LogP contribution in [0, 0.1) is 11.3 Å². The molecule has 2 aromatic heterocycles. The largest absolute Gasteiger partial charge is 0.354 e. The summed E-state index contributed by atoms with van der Waals surface area (Å²) < 4.78 is 0. The zero-order valence-electron chi connectivity index (χ0n) is 12.7. The number of nitriles is 1. The Morgan fingerprint density at radius 3 is 2.30 bits per heavy atom. The number of rotatable bonds is 4. The molecule has 23 heavy (non-hydrogen) atoms. The summed E-state index contributed by atoms with van der Waals surface area (Å²) in [6.45, 7) is 2.68. The maximum absolute atomic E-state index is 9.67. The van der Waals surface area contributed by atoms with Crippen LogP contribution in [0.15, 0.2) is 54.9 Å². The average Bonchev–Trinajstić information content (AvgIpc) is 2.63. The zero-order chi connectivity index (χ0) is 16.1. The van der Waals surface area contributed by atoms with E-state index in [4.69, 9.17) is 0 Å². The van der Waals surface area contributed by atoms with Gasteiger partial charge in [-0.3, -0.25) is 4.98 Å². The minimum absolute atomic E-state index is 0.450. The molecule has 0 fully saturated rings. The monoisotopic (exact) mass is 301 g/mol. The first kappa shape index (κ1) is 14.7. The molecular weight excluding hydrogens is 286 g/mol. The van der Waals surface area contributed by atoms with Crippen molar-refractivity contribution in [1.82, 2.24) is 15.0 Å². The molecule has 0 atom stereocenters. The van der Waals surface area contributed by atoms with Gasteiger partial charge in [0.1, 0.15) is 11.6 Å². The van der Waals surface area contributed by atoms with Crippen molar-refractivity contribution in [1.29, 1.82) is 5.26 Å². The van der Waals surface area contributed by atoms with E-state index in [1.54, 1.807) is 12.4 Å². The lowest BCUT2D eigenvalue weighted by molar-refractivity contribution is 1.08. The first-order valence-corrected chi connectivity index (χ1v) is 7.35. The van der Waals surface area contributed by atoms with Crippen molar-refractivity contribution < 1.29 is 0 Å². The fourth-order valence-electron chi connectivity index (χ4n) is 2.32. The van der Waals surface area contributed by atoms with Crippen LogP contribution in [0.3, 0.4) is 0 Å². The lowest BCUT2D eigenvalue weighted by atomic mass is 10.0. The molecule has 0 bridgehead atoms. The lowest BCUT2D eigenvalue weighted by Crippen LogP contribution is -2.06. The van der Waals surface area contributed by atoms with Gasteiger partial charge in [-0.15, -0.1) is 0 Å². The standard InChI is InChI=1S/C18H15N5/c1-2-21-18-22-16(13-7-4-3-5-8-13)15(11-19)17(23-18)14-9-6-10-20-12-14/h3-10,12H,2H2,1H3,(H,21,22,23). The number of nitrogens with one attached hydrogen (secondary N) is 1. The van der Waals surface area contributed by atoms with Crippen molar-refractivity contribution in [3.8, 4) is 28.6 Å². The number of anilines is 1. The molecule has 0 aliphatic rings. The fraction of sp³-hybridized carbons (Fsp3) is 0.111. The number of hydrogen-bond donors (Lipinski definition) is 1. The smallest absolute Gasteiger partial charge is 0.223 e. The van der Waals surface area contributed by atoms with Gasteiger partial charge < -0.3 is 5.32 Å². The van der Waals surface area contributed by atoms with Crippen LogP contribution in [-0.2, 0) is 0 Å². The van der Waals surface area contributed by atoms with Crippen LogP contribution in [0.4, 0.5) is 5.95 Å². The predicted molar refractivity (Wildman–Crippen MR) is 89.6 cm³/mol. The van der Waals surface area contributed by atoms with Gasteiger partial charge in [0.25, 0.3) is 0 Å². The van der Waals surface area contributed by atoms with Gasteiger partial charge in [-0.05, 0) is 19.1 Å². The van der Waals surface area contributed by atoms with Crippen molar-refractivity contribution in [3.63, 3.8) is 0 Å². The molecule has 0 saturated carbocycles. The van der Waals surface area contributed by atoms with Gasteiger partial charge in [0, 0.05) is 30.1 Å². The molecule has 112 valence electrons. The second kappa shape index (κ2) is 6.67. The Bertz CT molecular complexity index is 778. The first-order chi connectivity index (χ1) is 11.3. The fourth-order valence-corrected chi connectivity index (χ4v) is 2.32. The topological polar surface area (TPSA) is 74.5 Å². The van der Waals surface area contributed by atoms with Crippen LogP contribution in [-0.4, -0.2) is 21.5 Å². The number of nitrogens with zero attached hydrogens (tertiary/aromatic N) is 4. The molecule has 2 heterocycles. The normalized spacial score (nSPS) is 10.1. The molecule has 0 unspecified atom stereocenters. The van der Waals surface area contributed by atoms with Crippen LogP contribution >= 0.6 is 0 Å². The summed E-state index contributed by atoms with van der Waals surface area (Å²) in [4.78, 5) is 13.2. The molecule has 0 radical (unpaired) electrons. The summed E-state index contributed by atoms with van der Waals surface area (Å²) in [6.07, 6.45) is 3.40. The minimum atomic E-state index is 0.450. The van der Waals surface area contributed by atoms with E-state index >= 15 is 0 Å². The number of hydrogen-bond acceptors (Lipinski definition) is 5. The molecule has 0 amide bonds. The molecular formula is C18H15N5. The van der Waals surface area contributed by atoms with Gasteiger partial charge in [0.2, 0.25) is 5.95 Å². The van der Waals surface area contributed by atoms with Crippen molar-refractivity contribution in [2.75, 3.05) is 11.9 Å². The average molecular weight is 301 g/mol. The molecule has 3 rings (SSSR count). The summed E-state index contributed by atoms with van der Waals surface area (Å²) in [6, 6.07) is 15.6. The SMILES string of the molecule is CCNc1nc(-c2ccccc2)c(C#N)c(-c2cccnc2)n1. The van der Waals surface area contributed by atoms with Gasteiger partial charge in [-0.25, -0.2) is 9.97 Å². The Morgan fingerprint density at radius 1 is 1.00 bits per heavy atom. The Hall–Kier alpha value is -3.26. The molecule has 5 heteroatoms. The highest BCUT2D eigenvalue weighted by atomic mass is 15.1. The molecule has 0 aliphatic carbocycles. The van der Waals surface area contributed by atoms with E-state index in [2.05, 4.69) is 26.3 Å². The van der Waals surface area contributed by atoms with Gasteiger partial charge in [0.15, 0.2) is 0 Å². The van der Waals surface area contributed by atoms with Gasteiger partial charge in [-0.1, -0.05) is 30.3 Å². The summed E-state index contributed by atoms with van der Waals surface area (Å²) in [5.74, 6) is 0.504. The van der Waals surface area contributed by atoms with Gasteiger partial charge >= 0.3 is 0 Å². The van der Waals surface area contributed by atoms with Crippen molar-refractivity contribution >= 4 is 5.95 Å². The van der Waals surface area contributed by atoms with E-state index in [1.165, 1.54) is 0 Å². The summed E-state index contributed by atoms with van der Waals surface area (Å²) in [7, 11) is 0. The van der Waals surface area contributed by atoms with Crippen molar-refractivity contribution in [2.45, 2.75) is 6.92 Å². The Balaban J connectivity index is 2.27. The van der Waals surface area contributed by atoms with E-state index < -0.39 is 0 Å². The maximum Gasteiger partial charge on any atom is 0.223 e. The van der Waals surface area contributed by atoms with Gasteiger partial charge in [-0.2, -0.15) is 5.26 Å². The third-order valence-electron chi connectivity index (χ3n) is 3.34. The quantitative estimate of drug-likeness (QED) is 0.798. The van der Waals surface area contributed by atoms with E-state index in [9.17, 15) is 5.26 Å². The molecule has 0 spiro atoms. The van der Waals surface area contributed by atoms with Crippen LogP contribution in [0.25, 0.3) is 22.5 Å². The number of benzene rings is 1. The Morgan fingerprint density at radius 2 is 1.70 bits per heavy atom. The second-order valence-corrected chi connectivity index (χ2v) is 4.87. The van der Waals surface area contributed by atoms with Crippen molar-refractivity contribution in [2.24, 2.45) is 0 Å². The molecule has 3 aromatic rings. The zero-order valence-corrected chi connectivity index (χ0v) is 12.7. The van der Waals surface area contributed by atoms with E-state index in [0.29, 0.717) is 29.4 Å². The van der Waals surface area contributed by atoms with E-state index in [1.807, 2.05) is 49.4 Å². The van der Waals surface area contributed by atoms with Crippen LogP contribution in [0.1, 0.15) is 12.5 Å². The molecule has 5 nitrogen and oxygen atoms in total. The van der Waals surface area contributed by atoms with E-state index in [-0.39, 0.29) is 0 Å². The molecule has 1 aromatic carbocycles. The molecule has 0 aliphatic heterocycles. The number of aromatic nitrogens is 3. The first-order valence-electron chi connectivity index (χ1n) is 7.35. The summed E-state index contributed by atoms with van der Waals surface area (Å²) in [5, 5.41) is 12.8. The van der Waals surface area contributed by atoms with Crippen LogP contribution < -0.4 is 5.32 Å². The minimum Gasteiger partial charge on any atom is -0.354 e. The highest BCUT2D eigenvalue weighted by molar-refractivity contribution is 5.78. The highest BCUT2D eigenvalue weighted by Gasteiger charge is 2.17. The molecule has 0 saturated heterocycles. The van der Waals surface area contributed by atoms with Crippen LogP contribution in [0.2, 0.25) is 0 Å². The summed E-state index contributed by atoms with van der Waals surface area (Å²) >= 11 is 0. The Kier molecular flexibility index (Phi) is 4.25. The van der Waals surface area contributed by atoms with Crippen LogP contribution in [0.5, 0.6) is 0 Å². The summed E-state index contributed by atoms with van der Waals surface area (Å²) in [5.41, 5.74) is 3.34. The van der Waals surface area contributed by atoms with Gasteiger partial charge in [0.05, 0.1) is 11.4 Å². The second-order valence-electron chi connectivity index (χ2n) is 4.87. The van der Waals surface area contributed by atoms with Crippen molar-refractivity contribution in [3.05, 3.63) is 60.4 Å². The third-order valence-corrected chi connectivity index (χ3v) is 3.34. The third kappa shape index (κ3) is 3.01. The lowest BCUT2D eigenvalue weighted by Gasteiger charge is -2.11.